The minimum Gasteiger partial charge on any atom is -0.502 e. The molecule has 0 aromatic heterocycles. The number of carbonyl (C=O) groups is 1. The van der Waals surface area contributed by atoms with Crippen LogP contribution in [0.4, 0.5) is 23.2 Å². The van der Waals surface area contributed by atoms with Crippen LogP contribution in [0, 0.1) is 5.82 Å². The van der Waals surface area contributed by atoms with Crippen molar-refractivity contribution in [3.63, 3.8) is 0 Å². The van der Waals surface area contributed by atoms with Crippen LogP contribution in [0.1, 0.15) is 15.9 Å². The largest absolute Gasteiger partial charge is 0.502 e. The summed E-state index contributed by atoms with van der Waals surface area (Å²) in [4.78, 5) is 12.0. The van der Waals surface area contributed by atoms with Gasteiger partial charge in [-0.25, -0.2) is 4.39 Å². The fourth-order valence-electron chi connectivity index (χ4n) is 1.81. The SMILES string of the molecule is COc1cc(C(=O)Nc2ccc(C(F)(F)F)cc2)cc(F)c1O. The predicted molar refractivity (Wildman–Crippen MR) is 74.0 cm³/mol. The Morgan fingerprint density at radius 1 is 1.17 bits per heavy atom. The number of alkyl halides is 3. The molecule has 0 aliphatic heterocycles. The number of nitrogens with one attached hydrogen (secondary N) is 1. The Kier molecular flexibility index (Phi) is 4.44. The van der Waals surface area contributed by atoms with Gasteiger partial charge in [0.15, 0.2) is 17.3 Å². The summed E-state index contributed by atoms with van der Waals surface area (Å²) in [5.41, 5.74) is -0.902. The summed E-state index contributed by atoms with van der Waals surface area (Å²) in [6, 6.07) is 5.68. The first-order chi connectivity index (χ1) is 10.7. The highest BCUT2D eigenvalue weighted by molar-refractivity contribution is 6.04. The van der Waals surface area contributed by atoms with Gasteiger partial charge in [-0.1, -0.05) is 0 Å². The number of amides is 1. The molecule has 0 aliphatic carbocycles. The minimum absolute atomic E-state index is 0.107. The minimum atomic E-state index is -4.48. The average molecular weight is 329 g/mol. The third-order valence-corrected chi connectivity index (χ3v) is 2.98. The van der Waals surface area contributed by atoms with Crippen molar-refractivity contribution < 1.29 is 32.2 Å². The summed E-state index contributed by atoms with van der Waals surface area (Å²) >= 11 is 0. The van der Waals surface area contributed by atoms with Crippen LogP contribution in [0.2, 0.25) is 0 Å². The van der Waals surface area contributed by atoms with Gasteiger partial charge in [-0.3, -0.25) is 4.79 Å². The summed E-state index contributed by atoms with van der Waals surface area (Å²) in [5.74, 6) is -2.79. The molecule has 0 radical (unpaired) electrons. The molecule has 1 amide bonds. The average Bonchev–Trinajstić information content (AvgIpc) is 2.49. The number of rotatable bonds is 3. The fraction of sp³-hybridized carbons (Fsp3) is 0.133. The third kappa shape index (κ3) is 3.71. The molecule has 0 saturated carbocycles. The standard InChI is InChI=1S/C15H11F4NO3/c1-23-12-7-8(6-11(16)13(12)21)14(22)20-10-4-2-9(3-5-10)15(17,18)19/h2-7,21H,1H3,(H,20,22). The molecule has 23 heavy (non-hydrogen) atoms. The van der Waals surface area contributed by atoms with Gasteiger partial charge >= 0.3 is 6.18 Å². The first kappa shape index (κ1) is 16.6. The van der Waals surface area contributed by atoms with Crippen molar-refractivity contribution in [1.82, 2.24) is 0 Å². The second kappa shape index (κ2) is 6.15. The number of phenols is 1. The number of ether oxygens (including phenoxy) is 1. The van der Waals surface area contributed by atoms with Gasteiger partial charge in [-0.05, 0) is 36.4 Å². The maximum atomic E-state index is 13.5. The maximum absolute atomic E-state index is 13.5. The Morgan fingerprint density at radius 3 is 2.30 bits per heavy atom. The Labute approximate surface area is 128 Å². The number of benzene rings is 2. The normalized spacial score (nSPS) is 11.2. The summed E-state index contributed by atoms with van der Waals surface area (Å²) in [5, 5.41) is 11.7. The van der Waals surface area contributed by atoms with Crippen LogP contribution < -0.4 is 10.1 Å². The third-order valence-electron chi connectivity index (χ3n) is 2.98. The van der Waals surface area contributed by atoms with E-state index in [1.807, 2.05) is 0 Å². The summed E-state index contributed by atoms with van der Waals surface area (Å²) < 4.78 is 55.5. The molecular formula is C15H11F4NO3. The van der Waals surface area contributed by atoms with Crippen molar-refractivity contribution in [2.75, 3.05) is 12.4 Å². The van der Waals surface area contributed by atoms with E-state index in [2.05, 4.69) is 5.32 Å². The van der Waals surface area contributed by atoms with Gasteiger partial charge in [0, 0.05) is 11.3 Å². The number of aromatic hydroxyl groups is 1. The van der Waals surface area contributed by atoms with Gasteiger partial charge < -0.3 is 15.2 Å². The highest BCUT2D eigenvalue weighted by Crippen LogP contribution is 2.31. The highest BCUT2D eigenvalue weighted by Gasteiger charge is 2.30. The van der Waals surface area contributed by atoms with E-state index >= 15 is 0 Å². The fourth-order valence-corrected chi connectivity index (χ4v) is 1.81. The van der Waals surface area contributed by atoms with Crippen LogP contribution in [0.3, 0.4) is 0 Å². The van der Waals surface area contributed by atoms with Crippen LogP contribution in [0.15, 0.2) is 36.4 Å². The van der Waals surface area contributed by atoms with Gasteiger partial charge in [-0.2, -0.15) is 13.2 Å². The molecule has 4 nitrogen and oxygen atoms in total. The molecule has 0 fully saturated rings. The predicted octanol–water partition coefficient (Wildman–Crippen LogP) is 3.81. The monoisotopic (exact) mass is 329 g/mol. The van der Waals surface area contributed by atoms with E-state index in [0.29, 0.717) is 0 Å². The number of hydrogen-bond acceptors (Lipinski definition) is 3. The Balaban J connectivity index is 2.21. The molecule has 2 rings (SSSR count). The first-order valence-corrected chi connectivity index (χ1v) is 6.27. The molecule has 0 aliphatic rings. The molecule has 2 aromatic carbocycles. The van der Waals surface area contributed by atoms with Gasteiger partial charge in [0.05, 0.1) is 12.7 Å². The second-order valence-electron chi connectivity index (χ2n) is 4.54. The summed E-state index contributed by atoms with van der Waals surface area (Å²) in [7, 11) is 1.19. The van der Waals surface area contributed by atoms with Gasteiger partial charge in [0.1, 0.15) is 0 Å². The lowest BCUT2D eigenvalue weighted by Crippen LogP contribution is -2.13. The molecule has 0 heterocycles. The lowest BCUT2D eigenvalue weighted by molar-refractivity contribution is -0.137. The van der Waals surface area contributed by atoms with E-state index in [0.717, 1.165) is 36.4 Å². The van der Waals surface area contributed by atoms with Crippen LogP contribution in [-0.2, 0) is 6.18 Å². The zero-order valence-electron chi connectivity index (χ0n) is 11.7. The van der Waals surface area contributed by atoms with Crippen molar-refractivity contribution in [2.45, 2.75) is 6.18 Å². The quantitative estimate of drug-likeness (QED) is 0.842. The molecule has 0 spiro atoms. The van der Waals surface area contributed by atoms with Crippen LogP contribution in [0.5, 0.6) is 11.5 Å². The van der Waals surface area contributed by atoms with Gasteiger partial charge in [-0.15, -0.1) is 0 Å². The number of halogens is 4. The molecule has 2 aromatic rings. The zero-order chi connectivity index (χ0) is 17.2. The van der Waals surface area contributed by atoms with Gasteiger partial charge in [0.2, 0.25) is 0 Å². The molecule has 0 atom stereocenters. The van der Waals surface area contributed by atoms with Crippen molar-refractivity contribution in [2.24, 2.45) is 0 Å². The van der Waals surface area contributed by atoms with E-state index < -0.39 is 29.2 Å². The molecule has 122 valence electrons. The van der Waals surface area contributed by atoms with Crippen molar-refractivity contribution in [3.8, 4) is 11.5 Å². The van der Waals surface area contributed by atoms with E-state index in [4.69, 9.17) is 4.74 Å². The zero-order valence-corrected chi connectivity index (χ0v) is 11.7. The maximum Gasteiger partial charge on any atom is 0.416 e. The number of methoxy groups -OCH3 is 1. The van der Waals surface area contributed by atoms with E-state index in [9.17, 15) is 27.5 Å². The van der Waals surface area contributed by atoms with Crippen LogP contribution in [0.25, 0.3) is 0 Å². The summed E-state index contributed by atoms with van der Waals surface area (Å²) in [6.45, 7) is 0. The molecule has 0 unspecified atom stereocenters. The topological polar surface area (TPSA) is 58.6 Å². The Bertz CT molecular complexity index is 727. The van der Waals surface area contributed by atoms with Crippen LogP contribution in [-0.4, -0.2) is 18.1 Å². The van der Waals surface area contributed by atoms with Crippen molar-refractivity contribution >= 4 is 11.6 Å². The van der Waals surface area contributed by atoms with E-state index in [-0.39, 0.29) is 17.0 Å². The lowest BCUT2D eigenvalue weighted by Gasteiger charge is -2.10. The molecular weight excluding hydrogens is 318 g/mol. The van der Waals surface area contributed by atoms with Gasteiger partial charge in [0.25, 0.3) is 5.91 Å². The molecule has 0 bridgehead atoms. The number of carbonyl (C=O) groups excluding carboxylic acids is 1. The number of anilines is 1. The molecule has 0 saturated heterocycles. The van der Waals surface area contributed by atoms with Crippen molar-refractivity contribution in [3.05, 3.63) is 53.3 Å². The molecule has 2 N–H and O–H groups in total. The number of phenolic OH excluding ortho intramolecular Hbond substituents is 1. The smallest absolute Gasteiger partial charge is 0.416 e. The lowest BCUT2D eigenvalue weighted by atomic mass is 10.1. The highest BCUT2D eigenvalue weighted by atomic mass is 19.4. The van der Waals surface area contributed by atoms with E-state index in [1.165, 1.54) is 7.11 Å². The number of hydrogen-bond donors (Lipinski definition) is 2. The van der Waals surface area contributed by atoms with Crippen LogP contribution >= 0.6 is 0 Å². The second-order valence-corrected chi connectivity index (χ2v) is 4.54. The summed E-state index contributed by atoms with van der Waals surface area (Å²) in [6.07, 6.45) is -4.48. The van der Waals surface area contributed by atoms with E-state index in [1.54, 1.807) is 0 Å². The van der Waals surface area contributed by atoms with Crippen molar-refractivity contribution in [1.29, 1.82) is 0 Å². The Morgan fingerprint density at radius 2 is 1.78 bits per heavy atom. The molecule has 8 heteroatoms. The first-order valence-electron chi connectivity index (χ1n) is 6.27. The Hall–Kier alpha value is -2.77.